The third kappa shape index (κ3) is 12.0. The van der Waals surface area contributed by atoms with E-state index in [0.29, 0.717) is 10.8 Å². The van der Waals surface area contributed by atoms with Crippen LogP contribution in [-0.2, 0) is 47.0 Å². The van der Waals surface area contributed by atoms with Crippen molar-refractivity contribution in [1.82, 2.24) is 0 Å². The summed E-state index contributed by atoms with van der Waals surface area (Å²) in [6, 6.07) is 41.2. The summed E-state index contributed by atoms with van der Waals surface area (Å²) in [6.07, 6.45) is 13.6. The Morgan fingerprint density at radius 2 is 0.828 bits per heavy atom. The number of hydrogen-bond donors (Lipinski definition) is 0. The van der Waals surface area contributed by atoms with Crippen LogP contribution in [0.3, 0.4) is 0 Å². The molecular weight excluding hydrogens is 839 g/mol. The Kier molecular flexibility index (Phi) is 16.8. The smallest absolute Gasteiger partial charge is 1.00 e. The predicted octanol–water partition coefficient (Wildman–Crippen LogP) is 10.1. The van der Waals surface area contributed by atoms with Crippen LogP contribution in [0.4, 0.5) is 0 Å². The van der Waals surface area contributed by atoms with Crippen molar-refractivity contribution < 1.29 is 48.1 Å². The minimum atomic E-state index is 0. The average Bonchev–Trinajstić information content (AvgIpc) is 3.94. The van der Waals surface area contributed by atoms with Gasteiger partial charge in [-0.05, 0) is 82.4 Å². The average molecular weight is 907 g/mol. The molecule has 2 aliphatic rings. The maximum Gasteiger partial charge on any atom is -1.00 e. The molecule has 0 bridgehead atoms. The Labute approximate surface area is 380 Å². The first kappa shape index (κ1) is 48.4. The molecule has 4 heteroatoms. The minimum Gasteiger partial charge on any atom is -1.00 e. The van der Waals surface area contributed by atoms with Gasteiger partial charge in [-0.15, -0.1) is 69.1 Å². The Hall–Kier alpha value is -2.22. The van der Waals surface area contributed by atoms with Gasteiger partial charge in [0, 0.05) is 0 Å². The first-order valence-electron chi connectivity index (χ1n) is 21.5. The summed E-state index contributed by atoms with van der Waals surface area (Å²) in [5.74, 6) is 0. The molecule has 0 aliphatic heterocycles. The fraction of sp³-hybridized carbons (Fsp3) is 0.444. The van der Waals surface area contributed by atoms with Crippen molar-refractivity contribution in [3.8, 4) is 22.3 Å². The number of halogens is 2. The molecule has 2 saturated carbocycles. The van der Waals surface area contributed by atoms with Gasteiger partial charge < -0.3 is 24.8 Å². The van der Waals surface area contributed by atoms with Crippen LogP contribution in [0.15, 0.2) is 109 Å². The van der Waals surface area contributed by atoms with Crippen LogP contribution in [0, 0.1) is 10.8 Å². The number of rotatable bonds is 6. The van der Waals surface area contributed by atoms with E-state index in [4.69, 9.17) is 0 Å². The summed E-state index contributed by atoms with van der Waals surface area (Å²) in [6.45, 7) is 23.4. The molecule has 2 fully saturated rings. The molecule has 6 aromatic carbocycles. The summed E-state index contributed by atoms with van der Waals surface area (Å²) in [4.78, 5) is 0. The summed E-state index contributed by atoms with van der Waals surface area (Å²) in [7, 11) is 0. The predicted molar refractivity (Wildman–Crippen MR) is 245 cm³/mol. The first-order valence-corrected chi connectivity index (χ1v) is 27.7. The topological polar surface area (TPSA) is 0 Å². The van der Waals surface area contributed by atoms with Crippen LogP contribution in [0.25, 0.3) is 43.8 Å². The molecule has 0 radical (unpaired) electrons. The Morgan fingerprint density at radius 1 is 0.517 bits per heavy atom. The molecule has 8 rings (SSSR count). The van der Waals surface area contributed by atoms with Crippen LogP contribution < -0.4 is 24.8 Å². The zero-order valence-corrected chi connectivity index (χ0v) is 42.2. The monoisotopic (exact) mass is 904 g/mol. The molecule has 0 nitrogen and oxygen atoms in total. The van der Waals surface area contributed by atoms with Crippen molar-refractivity contribution in [3.05, 3.63) is 131 Å². The van der Waals surface area contributed by atoms with Crippen molar-refractivity contribution in [2.24, 2.45) is 10.8 Å². The van der Waals surface area contributed by atoms with Gasteiger partial charge in [0.15, 0.2) is 0 Å². The van der Waals surface area contributed by atoms with Crippen LogP contribution in [0.5, 0.6) is 0 Å². The summed E-state index contributed by atoms with van der Waals surface area (Å²) in [5, 5.41) is 5.62. The number of fused-ring (bicyclic) bond motifs is 2. The van der Waals surface area contributed by atoms with E-state index in [9.17, 15) is 0 Å². The SMILES string of the molecule is CC1(Cc2cc3c(-c4ccccc4C(C)(C)C)cccc3[cH-]2)CCCC1.CC1(Cc2cc3c(-c4ccccc4C(C)(C)C)cccc3[cH-]2)CCCC1.C[Si](C)=[Zr+2].[Cl-].[Cl-]. The standard InChI is InChI=1S/2C26H31.C2H6Si.2ClH.Zr/c2*1-25(2,3)24-13-6-5-11-22(24)21-12-9-10-20-16-19(17-23(20)21)18-26(4)14-7-8-15-26;1-3-2;;;/h2*5-6,9-13,16-17H,7-8,14-15,18H2,1-4H3;1-2H3;2*1H;/q2*-1;;;;+2/p-2. The van der Waals surface area contributed by atoms with E-state index < -0.39 is 0 Å². The Bertz CT molecular complexity index is 2100. The zero-order valence-electron chi connectivity index (χ0n) is 37.2. The molecule has 58 heavy (non-hydrogen) atoms. The molecule has 6 aromatic rings. The van der Waals surface area contributed by atoms with E-state index in [1.807, 2.05) is 0 Å². The molecule has 0 atom stereocenters. The summed E-state index contributed by atoms with van der Waals surface area (Å²) >= 11 is 1.74. The fourth-order valence-corrected chi connectivity index (χ4v) is 9.81. The normalized spacial score (nSPS) is 15.8. The second-order valence-corrected chi connectivity index (χ2v) is 29.7. The van der Waals surface area contributed by atoms with Gasteiger partial charge in [0.2, 0.25) is 0 Å². The molecule has 308 valence electrons. The minimum absolute atomic E-state index is 0. The van der Waals surface area contributed by atoms with Crippen molar-refractivity contribution in [2.45, 2.75) is 144 Å². The van der Waals surface area contributed by atoms with Gasteiger partial charge >= 0.3 is 41.9 Å². The zero-order chi connectivity index (χ0) is 40.3. The quantitative estimate of drug-likeness (QED) is 0.115. The molecule has 0 aromatic heterocycles. The Morgan fingerprint density at radius 3 is 1.16 bits per heavy atom. The van der Waals surface area contributed by atoms with E-state index >= 15 is 0 Å². The first-order chi connectivity index (χ1) is 26.4. The molecular formula is C54H68Cl2SiZr-2. The van der Waals surface area contributed by atoms with Crippen LogP contribution in [0.1, 0.15) is 129 Å². The van der Waals surface area contributed by atoms with E-state index in [1.54, 1.807) is 23.3 Å². The van der Waals surface area contributed by atoms with Crippen LogP contribution >= 0.6 is 0 Å². The number of benzene rings is 4. The van der Waals surface area contributed by atoms with Gasteiger partial charge in [-0.25, -0.2) is 0 Å². The molecule has 0 N–H and O–H groups in total. The third-order valence-corrected chi connectivity index (χ3v) is 12.6. The van der Waals surface area contributed by atoms with Crippen molar-refractivity contribution in [3.63, 3.8) is 0 Å². The summed E-state index contributed by atoms with van der Waals surface area (Å²) in [5.41, 5.74) is 12.9. The maximum absolute atomic E-state index is 2.48. The molecule has 0 saturated heterocycles. The van der Waals surface area contributed by atoms with E-state index in [1.165, 1.54) is 130 Å². The van der Waals surface area contributed by atoms with Gasteiger partial charge in [-0.3, -0.25) is 0 Å². The second-order valence-electron chi connectivity index (χ2n) is 20.3. The van der Waals surface area contributed by atoms with Gasteiger partial charge in [-0.2, -0.15) is 12.1 Å². The third-order valence-electron chi connectivity index (χ3n) is 12.6. The van der Waals surface area contributed by atoms with Crippen LogP contribution in [0.2, 0.25) is 13.1 Å². The molecule has 0 spiro atoms. The van der Waals surface area contributed by atoms with Gasteiger partial charge in [0.05, 0.1) is 0 Å². The van der Waals surface area contributed by atoms with Crippen LogP contribution in [-0.4, -0.2) is 5.43 Å². The van der Waals surface area contributed by atoms with Crippen molar-refractivity contribution in [1.29, 1.82) is 0 Å². The number of hydrogen-bond acceptors (Lipinski definition) is 0. The van der Waals surface area contributed by atoms with Crippen molar-refractivity contribution in [2.75, 3.05) is 0 Å². The van der Waals surface area contributed by atoms with Crippen molar-refractivity contribution >= 4 is 27.0 Å². The molecule has 2 aliphatic carbocycles. The fourth-order valence-electron chi connectivity index (χ4n) is 9.81. The molecule has 0 unspecified atom stereocenters. The molecule has 0 amide bonds. The second kappa shape index (κ2) is 20.1. The summed E-state index contributed by atoms with van der Waals surface area (Å²) < 4.78 is 0. The van der Waals surface area contributed by atoms with Gasteiger partial charge in [0.25, 0.3) is 0 Å². The maximum atomic E-state index is 2.48. The molecule has 0 heterocycles. The van der Waals surface area contributed by atoms with E-state index in [0.717, 1.165) is 0 Å². The van der Waals surface area contributed by atoms with Gasteiger partial charge in [-0.1, -0.05) is 153 Å². The van der Waals surface area contributed by atoms with Gasteiger partial charge in [0.1, 0.15) is 0 Å². The Balaban J connectivity index is 0.000000228. The largest absolute Gasteiger partial charge is 1.00 e. The van der Waals surface area contributed by atoms with E-state index in [2.05, 4.69) is 178 Å². The van der Waals surface area contributed by atoms with E-state index in [-0.39, 0.29) is 41.1 Å².